The van der Waals surface area contributed by atoms with Crippen molar-refractivity contribution in [2.24, 2.45) is 5.92 Å². The molecule has 0 aliphatic carbocycles. The third-order valence-corrected chi connectivity index (χ3v) is 3.61. The third kappa shape index (κ3) is 4.32. The van der Waals surface area contributed by atoms with Gasteiger partial charge >= 0.3 is 0 Å². The fourth-order valence-electron chi connectivity index (χ4n) is 2.31. The maximum Gasteiger partial charge on any atom is 0.251 e. The molecule has 4 nitrogen and oxygen atoms in total. The van der Waals surface area contributed by atoms with Gasteiger partial charge in [0.2, 0.25) is 0 Å². The van der Waals surface area contributed by atoms with Crippen LogP contribution in [0.3, 0.4) is 0 Å². The largest absolute Gasteiger partial charge is 0.395 e. The second-order valence-corrected chi connectivity index (χ2v) is 5.19. The van der Waals surface area contributed by atoms with Gasteiger partial charge in [-0.05, 0) is 31.0 Å². The fourth-order valence-corrected chi connectivity index (χ4v) is 2.31. The molecule has 1 aliphatic heterocycles. The first-order chi connectivity index (χ1) is 10.2. The van der Waals surface area contributed by atoms with Crippen LogP contribution in [0.25, 0.3) is 0 Å². The Morgan fingerprint density at radius 1 is 1.52 bits per heavy atom. The summed E-state index contributed by atoms with van der Waals surface area (Å²) in [5.41, 5.74) is 2.37. The summed E-state index contributed by atoms with van der Waals surface area (Å²) in [5.74, 6) is 6.24. The van der Waals surface area contributed by atoms with Gasteiger partial charge < -0.3 is 15.2 Å². The van der Waals surface area contributed by atoms with Crippen LogP contribution in [-0.4, -0.2) is 37.4 Å². The molecule has 0 bridgehead atoms. The molecule has 2 N–H and O–H groups in total. The third-order valence-electron chi connectivity index (χ3n) is 3.61. The maximum absolute atomic E-state index is 12.3. The zero-order valence-corrected chi connectivity index (χ0v) is 12.3. The normalized spacial score (nSPS) is 17.1. The van der Waals surface area contributed by atoms with Gasteiger partial charge in [0, 0.05) is 36.6 Å². The number of ether oxygens (including phenoxy) is 1. The van der Waals surface area contributed by atoms with Crippen LogP contribution < -0.4 is 5.32 Å². The van der Waals surface area contributed by atoms with Crippen LogP contribution in [0, 0.1) is 24.7 Å². The number of benzene rings is 1. The molecule has 4 heteroatoms. The van der Waals surface area contributed by atoms with Crippen molar-refractivity contribution in [1.82, 2.24) is 5.32 Å². The minimum absolute atomic E-state index is 0.0513. The number of aliphatic hydroxyl groups is 1. The number of carbonyl (C=O) groups is 1. The number of hydrogen-bond acceptors (Lipinski definition) is 3. The molecule has 1 amide bonds. The maximum atomic E-state index is 12.3. The van der Waals surface area contributed by atoms with E-state index in [1.54, 1.807) is 0 Å². The lowest BCUT2D eigenvalue weighted by Gasteiger charge is -2.11. The fraction of sp³-hybridized carbons (Fsp3) is 0.471. The molecule has 1 atom stereocenters. The number of hydrogen-bond donors (Lipinski definition) is 2. The molecule has 0 radical (unpaired) electrons. The van der Waals surface area contributed by atoms with Gasteiger partial charge in [0.1, 0.15) is 0 Å². The van der Waals surface area contributed by atoms with Crippen molar-refractivity contribution in [3.8, 4) is 11.8 Å². The second kappa shape index (κ2) is 7.82. The highest BCUT2D eigenvalue weighted by atomic mass is 16.5. The zero-order chi connectivity index (χ0) is 15.1. The lowest BCUT2D eigenvalue weighted by Crippen LogP contribution is -2.30. The molecule has 1 aromatic carbocycles. The molecule has 1 aliphatic rings. The summed E-state index contributed by atoms with van der Waals surface area (Å²) in [5, 5.41) is 11.7. The summed E-state index contributed by atoms with van der Waals surface area (Å²) < 4.78 is 5.30. The number of carbonyl (C=O) groups excluding carboxylic acids is 1. The molecular weight excluding hydrogens is 266 g/mol. The Balaban J connectivity index is 2.03. The first-order valence-corrected chi connectivity index (χ1v) is 7.27. The molecule has 1 unspecified atom stereocenters. The summed E-state index contributed by atoms with van der Waals surface area (Å²) in [6.45, 7) is 4.12. The van der Waals surface area contributed by atoms with Crippen LogP contribution in [0.5, 0.6) is 0 Å². The lowest BCUT2D eigenvalue weighted by molar-refractivity contribution is 0.0944. The van der Waals surface area contributed by atoms with E-state index in [4.69, 9.17) is 9.84 Å². The van der Waals surface area contributed by atoms with Crippen molar-refractivity contribution in [3.05, 3.63) is 34.9 Å². The van der Waals surface area contributed by atoms with Crippen molar-refractivity contribution in [3.63, 3.8) is 0 Å². The highest BCUT2D eigenvalue weighted by molar-refractivity contribution is 5.96. The van der Waals surface area contributed by atoms with Crippen LogP contribution >= 0.6 is 0 Å². The molecule has 112 valence electrons. The predicted molar refractivity (Wildman–Crippen MR) is 81.0 cm³/mol. The SMILES string of the molecule is Cc1c(C#CCCO)cccc1C(=O)NCC1CCOC1. The number of rotatable bonds is 4. The average Bonchev–Trinajstić information content (AvgIpc) is 3.00. The van der Waals surface area contributed by atoms with Crippen LogP contribution in [-0.2, 0) is 4.74 Å². The molecule has 1 fully saturated rings. The van der Waals surface area contributed by atoms with Crippen LogP contribution in [0.1, 0.15) is 34.3 Å². The molecule has 0 saturated carbocycles. The first kappa shape index (κ1) is 15.6. The number of aliphatic hydroxyl groups excluding tert-OH is 1. The topological polar surface area (TPSA) is 58.6 Å². The smallest absolute Gasteiger partial charge is 0.251 e. The van der Waals surface area contributed by atoms with E-state index in [2.05, 4.69) is 17.2 Å². The molecule has 0 aromatic heterocycles. The van der Waals surface area contributed by atoms with E-state index >= 15 is 0 Å². The van der Waals surface area contributed by atoms with E-state index < -0.39 is 0 Å². The average molecular weight is 287 g/mol. The summed E-state index contributed by atoms with van der Waals surface area (Å²) in [6.07, 6.45) is 1.45. The van der Waals surface area contributed by atoms with Crippen molar-refractivity contribution in [1.29, 1.82) is 0 Å². The van der Waals surface area contributed by atoms with Crippen molar-refractivity contribution in [2.75, 3.05) is 26.4 Å². The van der Waals surface area contributed by atoms with Crippen LogP contribution in [0.15, 0.2) is 18.2 Å². The van der Waals surface area contributed by atoms with Crippen molar-refractivity contribution >= 4 is 5.91 Å². The second-order valence-electron chi connectivity index (χ2n) is 5.19. The Morgan fingerprint density at radius 2 is 2.38 bits per heavy atom. The molecule has 21 heavy (non-hydrogen) atoms. The minimum atomic E-state index is -0.0646. The van der Waals surface area contributed by atoms with E-state index in [0.29, 0.717) is 24.4 Å². The quantitative estimate of drug-likeness (QED) is 0.825. The van der Waals surface area contributed by atoms with Gasteiger partial charge in [-0.3, -0.25) is 4.79 Å². The Morgan fingerprint density at radius 3 is 3.10 bits per heavy atom. The monoisotopic (exact) mass is 287 g/mol. The molecule has 0 spiro atoms. The van der Waals surface area contributed by atoms with Crippen molar-refractivity contribution < 1.29 is 14.6 Å². The van der Waals surface area contributed by atoms with E-state index in [0.717, 1.165) is 30.8 Å². The molecule has 1 aromatic rings. The number of nitrogens with one attached hydrogen (secondary N) is 1. The van der Waals surface area contributed by atoms with Crippen LogP contribution in [0.2, 0.25) is 0 Å². The van der Waals surface area contributed by atoms with Crippen LogP contribution in [0.4, 0.5) is 0 Å². The van der Waals surface area contributed by atoms with Gasteiger partial charge in [0.15, 0.2) is 0 Å². The van der Waals surface area contributed by atoms with Gasteiger partial charge in [0.25, 0.3) is 5.91 Å². The van der Waals surface area contributed by atoms with Gasteiger partial charge in [0.05, 0.1) is 13.2 Å². The number of amides is 1. The summed E-state index contributed by atoms with van der Waals surface area (Å²) >= 11 is 0. The lowest BCUT2D eigenvalue weighted by atomic mass is 10.0. The van der Waals surface area contributed by atoms with Gasteiger partial charge in [-0.25, -0.2) is 0 Å². The summed E-state index contributed by atoms with van der Waals surface area (Å²) in [4.78, 5) is 12.3. The van der Waals surface area contributed by atoms with E-state index in [1.165, 1.54) is 0 Å². The molecule has 1 heterocycles. The summed E-state index contributed by atoms with van der Waals surface area (Å²) in [7, 11) is 0. The highest BCUT2D eigenvalue weighted by Crippen LogP contribution is 2.14. The Labute approximate surface area is 125 Å². The minimum Gasteiger partial charge on any atom is -0.395 e. The Kier molecular flexibility index (Phi) is 5.79. The molecule has 2 rings (SSSR count). The van der Waals surface area contributed by atoms with Gasteiger partial charge in [-0.15, -0.1) is 0 Å². The van der Waals surface area contributed by atoms with Gasteiger partial charge in [-0.1, -0.05) is 17.9 Å². The standard InChI is InChI=1S/C17H21NO3/c1-13-15(5-2-3-9-19)6-4-7-16(13)17(20)18-11-14-8-10-21-12-14/h4,6-7,14,19H,3,8-12H2,1H3,(H,18,20). The van der Waals surface area contributed by atoms with E-state index in [-0.39, 0.29) is 12.5 Å². The van der Waals surface area contributed by atoms with E-state index in [1.807, 2.05) is 25.1 Å². The Bertz CT molecular complexity index is 551. The zero-order valence-electron chi connectivity index (χ0n) is 12.3. The Hall–Kier alpha value is -1.83. The summed E-state index contributed by atoms with van der Waals surface area (Å²) in [6, 6.07) is 5.54. The molecular formula is C17H21NO3. The predicted octanol–water partition coefficient (Wildman–Crippen LogP) is 1.50. The van der Waals surface area contributed by atoms with E-state index in [9.17, 15) is 4.79 Å². The highest BCUT2D eigenvalue weighted by Gasteiger charge is 2.17. The van der Waals surface area contributed by atoms with Crippen molar-refractivity contribution in [2.45, 2.75) is 19.8 Å². The first-order valence-electron chi connectivity index (χ1n) is 7.27. The molecule has 1 saturated heterocycles. The van der Waals surface area contributed by atoms with Gasteiger partial charge in [-0.2, -0.15) is 0 Å².